The zero-order chi connectivity index (χ0) is 38.0. The smallest absolute Gasteiger partial charge is 0.416 e. The van der Waals surface area contributed by atoms with E-state index in [1.165, 1.54) is 30.4 Å². The van der Waals surface area contributed by atoms with Crippen LogP contribution < -0.4 is 5.32 Å². The zero-order valence-electron chi connectivity index (χ0n) is 29.5. The lowest BCUT2D eigenvalue weighted by atomic mass is 10.1. The molecular weight excluding hydrogens is 709 g/mol. The van der Waals surface area contributed by atoms with Gasteiger partial charge in [0.2, 0.25) is 0 Å². The fourth-order valence-corrected chi connectivity index (χ4v) is 4.42. The molecule has 0 bridgehead atoms. The molecule has 294 valence electrons. The lowest BCUT2D eigenvalue weighted by molar-refractivity contribution is -0.138. The van der Waals surface area contributed by atoms with Crippen LogP contribution in [0.2, 0.25) is 0 Å². The molecule has 0 aliphatic carbocycles. The molecule has 17 heteroatoms. The van der Waals surface area contributed by atoms with E-state index in [0.29, 0.717) is 91.6 Å². The summed E-state index contributed by atoms with van der Waals surface area (Å²) in [7, 11) is 0. The number of ether oxygens (including phenoxy) is 9. The number of hydrogen-bond acceptors (Lipinski definition) is 13. The maximum Gasteiger partial charge on any atom is 0.416 e. The van der Waals surface area contributed by atoms with Crippen LogP contribution in [-0.2, 0) is 58.4 Å². The van der Waals surface area contributed by atoms with Crippen LogP contribution in [0.1, 0.15) is 15.9 Å². The van der Waals surface area contributed by atoms with Crippen molar-refractivity contribution in [2.45, 2.75) is 6.18 Å². The van der Waals surface area contributed by atoms with E-state index in [1.807, 2.05) is 0 Å². The van der Waals surface area contributed by atoms with Gasteiger partial charge in [-0.1, -0.05) is 18.2 Å². The molecule has 0 saturated heterocycles. The van der Waals surface area contributed by atoms with E-state index in [1.54, 1.807) is 18.2 Å². The molecular formula is C36H47F3N2O12. The zero-order valence-corrected chi connectivity index (χ0v) is 29.5. The van der Waals surface area contributed by atoms with Gasteiger partial charge >= 0.3 is 12.1 Å². The minimum Gasteiger partial charge on any atom is -0.460 e. The number of imide groups is 1. The van der Waals surface area contributed by atoms with Gasteiger partial charge in [0.1, 0.15) is 6.61 Å². The Bertz CT molecular complexity index is 1380. The topological polar surface area (TPSA) is 150 Å². The summed E-state index contributed by atoms with van der Waals surface area (Å²) in [5.41, 5.74) is -0.117. The normalized spacial score (nSPS) is 12.9. The van der Waals surface area contributed by atoms with Gasteiger partial charge in [-0.05, 0) is 30.3 Å². The second kappa shape index (κ2) is 25.9. The van der Waals surface area contributed by atoms with Crippen molar-refractivity contribution in [2.75, 3.05) is 124 Å². The van der Waals surface area contributed by atoms with Crippen molar-refractivity contribution in [2.24, 2.45) is 0 Å². The standard InChI is InChI=1S/C36H47F3N2O12/c37-36(38,39)29-4-3-5-30(28-29)40-32-7-2-1-6-31(32)35(44)53-27-26-52-25-24-51-23-22-50-21-20-49-19-18-48-17-16-47-15-14-46-13-12-45-11-10-41-33(42)8-9-34(41)43/h1-9,28,40H,10-27H2. The molecule has 0 saturated carbocycles. The molecule has 3 rings (SSSR count). The quantitative estimate of drug-likeness (QED) is 0.0703. The fraction of sp³-hybridized carbons (Fsp3) is 0.528. The molecule has 0 fully saturated rings. The molecule has 0 spiro atoms. The molecule has 1 aliphatic heterocycles. The molecule has 0 unspecified atom stereocenters. The van der Waals surface area contributed by atoms with E-state index in [9.17, 15) is 27.6 Å². The Kier molecular flexibility index (Phi) is 21.3. The first kappa shape index (κ1) is 43.5. The van der Waals surface area contributed by atoms with Crippen LogP contribution in [0, 0.1) is 0 Å². The number of anilines is 2. The predicted molar refractivity (Wildman–Crippen MR) is 184 cm³/mol. The summed E-state index contributed by atoms with van der Waals surface area (Å²) in [4.78, 5) is 36.5. The van der Waals surface area contributed by atoms with Crippen molar-refractivity contribution in [3.63, 3.8) is 0 Å². The predicted octanol–water partition coefficient (Wildman–Crippen LogP) is 3.66. The van der Waals surface area contributed by atoms with Gasteiger partial charge in [-0.25, -0.2) is 4.79 Å². The Hall–Kier alpha value is -3.94. The Morgan fingerprint density at radius 3 is 1.47 bits per heavy atom. The molecule has 2 amide bonds. The number of para-hydroxylation sites is 1. The van der Waals surface area contributed by atoms with E-state index in [-0.39, 0.29) is 56.0 Å². The number of alkyl halides is 3. The summed E-state index contributed by atoms with van der Waals surface area (Å²) in [6.07, 6.45) is -2.00. The van der Waals surface area contributed by atoms with Crippen LogP contribution in [0.3, 0.4) is 0 Å². The SMILES string of the molecule is O=C(OCCOCCOCCOCCOCCOCCOCCOCCOCCN1C(=O)C=CC1=O)c1ccccc1Nc1cccc(C(F)(F)F)c1. The molecule has 53 heavy (non-hydrogen) atoms. The summed E-state index contributed by atoms with van der Waals surface area (Å²) in [5.74, 6) is -1.28. The maximum absolute atomic E-state index is 13.0. The first-order chi connectivity index (χ1) is 25.8. The van der Waals surface area contributed by atoms with Gasteiger partial charge in [-0.3, -0.25) is 14.5 Å². The van der Waals surface area contributed by atoms with Crippen molar-refractivity contribution in [3.05, 3.63) is 71.8 Å². The lowest BCUT2D eigenvalue weighted by Crippen LogP contribution is -2.33. The van der Waals surface area contributed by atoms with Crippen molar-refractivity contribution in [1.82, 2.24) is 4.90 Å². The number of amides is 2. The highest BCUT2D eigenvalue weighted by Crippen LogP contribution is 2.32. The summed E-state index contributed by atoms with van der Waals surface area (Å²) < 4.78 is 87.8. The number of nitrogens with one attached hydrogen (secondary N) is 1. The summed E-state index contributed by atoms with van der Waals surface area (Å²) in [5, 5.41) is 2.85. The molecule has 0 radical (unpaired) electrons. The van der Waals surface area contributed by atoms with Gasteiger partial charge in [0, 0.05) is 17.8 Å². The van der Waals surface area contributed by atoms with Gasteiger partial charge in [-0.2, -0.15) is 13.2 Å². The first-order valence-corrected chi connectivity index (χ1v) is 17.1. The Labute approximate surface area is 306 Å². The fourth-order valence-electron chi connectivity index (χ4n) is 4.42. The Morgan fingerprint density at radius 1 is 0.566 bits per heavy atom. The van der Waals surface area contributed by atoms with E-state index in [2.05, 4.69) is 5.32 Å². The van der Waals surface area contributed by atoms with Crippen LogP contribution in [0.5, 0.6) is 0 Å². The van der Waals surface area contributed by atoms with Crippen LogP contribution in [0.4, 0.5) is 24.5 Å². The van der Waals surface area contributed by atoms with Gasteiger partial charge in [0.15, 0.2) is 0 Å². The van der Waals surface area contributed by atoms with Gasteiger partial charge < -0.3 is 47.9 Å². The van der Waals surface area contributed by atoms with Crippen molar-refractivity contribution in [1.29, 1.82) is 0 Å². The van der Waals surface area contributed by atoms with Crippen molar-refractivity contribution < 1.29 is 70.2 Å². The molecule has 1 heterocycles. The highest BCUT2D eigenvalue weighted by molar-refractivity contribution is 6.12. The Morgan fingerprint density at radius 2 is 1.00 bits per heavy atom. The summed E-state index contributed by atoms with van der Waals surface area (Å²) in [6.45, 7) is 6.10. The molecule has 14 nitrogen and oxygen atoms in total. The average molecular weight is 757 g/mol. The maximum atomic E-state index is 13.0. The molecule has 1 N–H and O–H groups in total. The number of carbonyl (C=O) groups excluding carboxylic acids is 3. The minimum atomic E-state index is -4.48. The third-order valence-electron chi connectivity index (χ3n) is 7.04. The largest absolute Gasteiger partial charge is 0.460 e. The second-order valence-electron chi connectivity index (χ2n) is 10.9. The second-order valence-corrected chi connectivity index (χ2v) is 10.9. The van der Waals surface area contributed by atoms with Crippen LogP contribution in [-0.4, -0.2) is 142 Å². The van der Waals surface area contributed by atoms with Crippen LogP contribution in [0.15, 0.2) is 60.7 Å². The van der Waals surface area contributed by atoms with Crippen LogP contribution in [0.25, 0.3) is 0 Å². The van der Waals surface area contributed by atoms with E-state index >= 15 is 0 Å². The highest BCUT2D eigenvalue weighted by atomic mass is 19.4. The van der Waals surface area contributed by atoms with E-state index in [4.69, 9.17) is 42.6 Å². The molecule has 0 atom stereocenters. The molecule has 0 aromatic heterocycles. The number of nitrogens with zero attached hydrogens (tertiary/aromatic N) is 1. The number of carbonyl (C=O) groups is 3. The first-order valence-electron chi connectivity index (χ1n) is 17.1. The number of benzene rings is 2. The molecule has 1 aliphatic rings. The third kappa shape index (κ3) is 18.6. The Balaban J connectivity index is 1.03. The highest BCUT2D eigenvalue weighted by Gasteiger charge is 2.30. The van der Waals surface area contributed by atoms with Gasteiger partial charge in [0.25, 0.3) is 11.8 Å². The third-order valence-corrected chi connectivity index (χ3v) is 7.04. The number of hydrogen-bond donors (Lipinski definition) is 1. The van der Waals surface area contributed by atoms with Crippen molar-refractivity contribution >= 4 is 29.2 Å². The summed E-state index contributed by atoms with van der Waals surface area (Å²) in [6, 6.07) is 11.1. The van der Waals surface area contributed by atoms with Crippen molar-refractivity contribution in [3.8, 4) is 0 Å². The summed E-state index contributed by atoms with van der Waals surface area (Å²) >= 11 is 0. The van der Waals surface area contributed by atoms with Gasteiger partial charge in [-0.15, -0.1) is 0 Å². The minimum absolute atomic E-state index is 0.0108. The number of halogens is 3. The number of esters is 1. The number of rotatable bonds is 30. The molecule has 2 aromatic rings. The molecule has 2 aromatic carbocycles. The van der Waals surface area contributed by atoms with Gasteiger partial charge in [0.05, 0.1) is 129 Å². The average Bonchev–Trinajstić information content (AvgIpc) is 3.46. The van der Waals surface area contributed by atoms with E-state index in [0.717, 1.165) is 17.0 Å². The van der Waals surface area contributed by atoms with Crippen LogP contribution >= 0.6 is 0 Å². The monoisotopic (exact) mass is 756 g/mol. The lowest BCUT2D eigenvalue weighted by Gasteiger charge is -2.13. The van der Waals surface area contributed by atoms with E-state index < -0.39 is 17.7 Å².